The quantitative estimate of drug-likeness (QED) is 0.507. The highest BCUT2D eigenvalue weighted by Crippen LogP contribution is 2.28. The summed E-state index contributed by atoms with van der Waals surface area (Å²) in [5, 5.41) is 0. The third kappa shape index (κ3) is 1.42. The van der Waals surface area contributed by atoms with Crippen molar-refractivity contribution in [3.05, 3.63) is 12.2 Å². The molecular formula is C9H12O3. The first kappa shape index (κ1) is 7.95. The number of ether oxygens (including phenoxy) is 2. The van der Waals surface area contributed by atoms with Crippen LogP contribution in [0.15, 0.2) is 12.2 Å². The molecule has 0 bridgehead atoms. The molecule has 0 N–H and O–H groups in total. The van der Waals surface area contributed by atoms with Crippen LogP contribution in [0.4, 0.5) is 0 Å². The predicted molar refractivity (Wildman–Crippen MR) is 42.6 cm³/mol. The molecule has 0 aromatic heterocycles. The minimum absolute atomic E-state index is 0.266. The Morgan fingerprint density at radius 2 is 2.08 bits per heavy atom. The molecule has 0 radical (unpaired) electrons. The highest BCUT2D eigenvalue weighted by molar-refractivity contribution is 5.80. The molecule has 0 aromatic rings. The molecule has 0 aromatic carbocycles. The zero-order valence-corrected chi connectivity index (χ0v) is 6.91. The van der Waals surface area contributed by atoms with Gasteiger partial charge in [0.05, 0.1) is 13.2 Å². The van der Waals surface area contributed by atoms with Gasteiger partial charge in [0, 0.05) is 19.3 Å². The molecule has 1 aliphatic carbocycles. The summed E-state index contributed by atoms with van der Waals surface area (Å²) in [5.41, 5.74) is 0. The minimum atomic E-state index is -0.563. The van der Waals surface area contributed by atoms with E-state index in [9.17, 15) is 4.79 Å². The molecule has 1 aliphatic heterocycles. The summed E-state index contributed by atoms with van der Waals surface area (Å²) in [6.07, 6.45) is 5.48. The molecule has 66 valence electrons. The molecule has 2 rings (SSSR count). The van der Waals surface area contributed by atoms with Crippen molar-refractivity contribution >= 4 is 5.78 Å². The van der Waals surface area contributed by atoms with Gasteiger partial charge in [-0.05, 0) is 6.08 Å². The first-order valence-electron chi connectivity index (χ1n) is 4.28. The van der Waals surface area contributed by atoms with Crippen LogP contribution in [0.3, 0.4) is 0 Å². The van der Waals surface area contributed by atoms with Crippen LogP contribution in [-0.4, -0.2) is 24.8 Å². The average molecular weight is 168 g/mol. The number of ketones is 1. The lowest BCUT2D eigenvalue weighted by atomic mass is 10.1. The van der Waals surface area contributed by atoms with Crippen molar-refractivity contribution in [2.45, 2.75) is 25.0 Å². The van der Waals surface area contributed by atoms with Gasteiger partial charge < -0.3 is 9.47 Å². The van der Waals surface area contributed by atoms with E-state index < -0.39 is 5.79 Å². The summed E-state index contributed by atoms with van der Waals surface area (Å²) >= 11 is 0. The topological polar surface area (TPSA) is 35.5 Å². The van der Waals surface area contributed by atoms with Crippen molar-refractivity contribution in [3.63, 3.8) is 0 Å². The lowest BCUT2D eigenvalue weighted by Gasteiger charge is -2.21. The standard InChI is InChI=1S/C9H12O3/c10-8-2-1-4-9(5-3-8)11-6-7-12-9/h1,4H,2-3,5-7H2. The Balaban J connectivity index is 2.11. The zero-order valence-electron chi connectivity index (χ0n) is 6.91. The molecule has 0 atom stereocenters. The first-order chi connectivity index (χ1) is 5.81. The molecule has 0 amide bonds. The average Bonchev–Trinajstić information content (AvgIpc) is 2.42. The van der Waals surface area contributed by atoms with Crippen molar-refractivity contribution in [2.75, 3.05) is 13.2 Å². The van der Waals surface area contributed by atoms with Gasteiger partial charge in [0.2, 0.25) is 0 Å². The molecular weight excluding hydrogens is 156 g/mol. The molecule has 1 fully saturated rings. The van der Waals surface area contributed by atoms with Crippen molar-refractivity contribution in [1.29, 1.82) is 0 Å². The maximum Gasteiger partial charge on any atom is 0.188 e. The second-order valence-corrected chi connectivity index (χ2v) is 3.15. The Kier molecular flexibility index (Phi) is 1.98. The number of rotatable bonds is 0. The van der Waals surface area contributed by atoms with Crippen molar-refractivity contribution in [2.24, 2.45) is 0 Å². The highest BCUT2D eigenvalue weighted by atomic mass is 16.7. The van der Waals surface area contributed by atoms with E-state index in [0.29, 0.717) is 32.5 Å². The van der Waals surface area contributed by atoms with Crippen LogP contribution in [-0.2, 0) is 14.3 Å². The van der Waals surface area contributed by atoms with E-state index in [1.807, 2.05) is 12.2 Å². The normalized spacial score (nSPS) is 27.8. The zero-order chi connectivity index (χ0) is 8.44. The van der Waals surface area contributed by atoms with Crippen molar-refractivity contribution in [1.82, 2.24) is 0 Å². The van der Waals surface area contributed by atoms with Gasteiger partial charge in [-0.1, -0.05) is 6.08 Å². The van der Waals surface area contributed by atoms with E-state index >= 15 is 0 Å². The summed E-state index contributed by atoms with van der Waals surface area (Å²) in [4.78, 5) is 11.1. The summed E-state index contributed by atoms with van der Waals surface area (Å²) in [5.74, 6) is -0.297. The second kappa shape index (κ2) is 2.99. The van der Waals surface area contributed by atoms with Gasteiger partial charge in [0.1, 0.15) is 5.78 Å². The monoisotopic (exact) mass is 168 g/mol. The maximum atomic E-state index is 11.1. The fraction of sp³-hybridized carbons (Fsp3) is 0.667. The highest BCUT2D eigenvalue weighted by Gasteiger charge is 2.35. The first-order valence-corrected chi connectivity index (χ1v) is 4.28. The largest absolute Gasteiger partial charge is 0.344 e. The van der Waals surface area contributed by atoms with Crippen LogP contribution < -0.4 is 0 Å². The molecule has 3 nitrogen and oxygen atoms in total. The van der Waals surface area contributed by atoms with Gasteiger partial charge in [-0.3, -0.25) is 4.79 Å². The van der Waals surface area contributed by atoms with Crippen LogP contribution in [0.5, 0.6) is 0 Å². The van der Waals surface area contributed by atoms with Crippen LogP contribution in [0.2, 0.25) is 0 Å². The number of carbonyl (C=O) groups excluding carboxylic acids is 1. The summed E-state index contributed by atoms with van der Waals surface area (Å²) in [7, 11) is 0. The number of carbonyl (C=O) groups is 1. The van der Waals surface area contributed by atoms with Crippen LogP contribution in [0.25, 0.3) is 0 Å². The summed E-state index contributed by atoms with van der Waals surface area (Å²) < 4.78 is 10.9. The van der Waals surface area contributed by atoms with E-state index in [4.69, 9.17) is 9.47 Å². The van der Waals surface area contributed by atoms with Crippen LogP contribution in [0.1, 0.15) is 19.3 Å². The summed E-state index contributed by atoms with van der Waals surface area (Å²) in [6, 6.07) is 0. The van der Waals surface area contributed by atoms with Gasteiger partial charge in [-0.25, -0.2) is 0 Å². The second-order valence-electron chi connectivity index (χ2n) is 3.15. The Morgan fingerprint density at radius 3 is 2.83 bits per heavy atom. The van der Waals surface area contributed by atoms with Crippen LogP contribution >= 0.6 is 0 Å². The third-order valence-corrected chi connectivity index (χ3v) is 2.25. The fourth-order valence-corrected chi connectivity index (χ4v) is 1.58. The maximum absolute atomic E-state index is 11.1. The van der Waals surface area contributed by atoms with Crippen molar-refractivity contribution in [3.8, 4) is 0 Å². The van der Waals surface area contributed by atoms with E-state index in [-0.39, 0.29) is 5.78 Å². The van der Waals surface area contributed by atoms with Gasteiger partial charge in [0.25, 0.3) is 0 Å². The molecule has 1 saturated heterocycles. The third-order valence-electron chi connectivity index (χ3n) is 2.25. The molecule has 0 saturated carbocycles. The van der Waals surface area contributed by atoms with Crippen LogP contribution in [0, 0.1) is 0 Å². The molecule has 1 heterocycles. The Morgan fingerprint density at radius 1 is 1.33 bits per heavy atom. The van der Waals surface area contributed by atoms with Crippen molar-refractivity contribution < 1.29 is 14.3 Å². The molecule has 3 heteroatoms. The van der Waals surface area contributed by atoms with Gasteiger partial charge in [0.15, 0.2) is 5.79 Å². The SMILES string of the molecule is O=C1CC=CC2(CC1)OCCO2. The Labute approximate surface area is 71.3 Å². The lowest BCUT2D eigenvalue weighted by Crippen LogP contribution is -2.26. The number of hydrogen-bond acceptors (Lipinski definition) is 3. The van der Waals surface area contributed by atoms with Gasteiger partial charge in [-0.15, -0.1) is 0 Å². The number of Topliss-reactive ketones (excluding diaryl/α,β-unsaturated/α-hetero) is 1. The number of allylic oxidation sites excluding steroid dienone is 1. The fourth-order valence-electron chi connectivity index (χ4n) is 1.58. The molecule has 1 spiro atoms. The molecule has 0 unspecified atom stereocenters. The lowest BCUT2D eigenvalue weighted by molar-refractivity contribution is -0.131. The van der Waals surface area contributed by atoms with E-state index in [2.05, 4.69) is 0 Å². The molecule has 2 aliphatic rings. The summed E-state index contributed by atoms with van der Waals surface area (Å²) in [6.45, 7) is 1.27. The van der Waals surface area contributed by atoms with E-state index in [1.54, 1.807) is 0 Å². The van der Waals surface area contributed by atoms with E-state index in [1.165, 1.54) is 0 Å². The minimum Gasteiger partial charge on any atom is -0.344 e. The predicted octanol–water partition coefficient (Wildman–Crippen LogP) is 1.04. The Hall–Kier alpha value is -0.670. The van der Waals surface area contributed by atoms with E-state index in [0.717, 1.165) is 0 Å². The number of hydrogen-bond donors (Lipinski definition) is 0. The Bertz CT molecular complexity index is 214. The van der Waals surface area contributed by atoms with Gasteiger partial charge in [-0.2, -0.15) is 0 Å². The molecule has 12 heavy (non-hydrogen) atoms. The van der Waals surface area contributed by atoms with Gasteiger partial charge >= 0.3 is 0 Å². The smallest absolute Gasteiger partial charge is 0.188 e.